The van der Waals surface area contributed by atoms with Crippen LogP contribution in [0.15, 0.2) is 47.0 Å². The predicted molar refractivity (Wildman–Crippen MR) is 125 cm³/mol. The number of aromatic nitrogens is 1. The summed E-state index contributed by atoms with van der Waals surface area (Å²) in [5.74, 6) is 0.542. The normalized spacial score (nSPS) is 12.1. The number of halogens is 2. The molecule has 1 amide bonds. The van der Waals surface area contributed by atoms with Gasteiger partial charge in [-0.3, -0.25) is 4.79 Å². The molecule has 9 heteroatoms. The number of benzene rings is 2. The SMILES string of the molecule is Cc1onc(-c2c(Cl)cccc2Cl)c1C(=O)Nc1ccc(OC[C@H](O)C[NH2+]C(C)C)cc1. The van der Waals surface area contributed by atoms with Crippen molar-refractivity contribution in [3.05, 3.63) is 63.8 Å². The Labute approximate surface area is 196 Å². The lowest BCUT2D eigenvalue weighted by Crippen LogP contribution is -2.90. The molecule has 3 rings (SSSR count). The van der Waals surface area contributed by atoms with Gasteiger partial charge < -0.3 is 25.0 Å². The zero-order valence-corrected chi connectivity index (χ0v) is 19.6. The number of quaternary nitrogens is 1. The van der Waals surface area contributed by atoms with Gasteiger partial charge in [-0.1, -0.05) is 34.4 Å². The average molecular weight is 479 g/mol. The number of carbonyl (C=O) groups excluding carboxylic acids is 1. The van der Waals surface area contributed by atoms with Gasteiger partial charge in [-0.05, 0) is 57.2 Å². The van der Waals surface area contributed by atoms with Crippen molar-refractivity contribution in [2.24, 2.45) is 0 Å². The van der Waals surface area contributed by atoms with Crippen LogP contribution in [0.3, 0.4) is 0 Å². The molecule has 0 aliphatic rings. The third-order valence-corrected chi connectivity index (χ3v) is 5.35. The molecule has 2 aromatic carbocycles. The minimum absolute atomic E-state index is 0.191. The Bertz CT molecular complexity index is 1050. The summed E-state index contributed by atoms with van der Waals surface area (Å²) in [5.41, 5.74) is 1.54. The number of aliphatic hydroxyl groups excluding tert-OH is 1. The molecule has 0 aliphatic carbocycles. The Morgan fingerprint density at radius 2 is 1.84 bits per heavy atom. The van der Waals surface area contributed by atoms with E-state index in [0.717, 1.165) is 0 Å². The van der Waals surface area contributed by atoms with Gasteiger partial charge in [-0.25, -0.2) is 0 Å². The number of hydrogen-bond donors (Lipinski definition) is 3. The lowest BCUT2D eigenvalue weighted by atomic mass is 10.1. The average Bonchev–Trinajstić information content (AvgIpc) is 3.12. The van der Waals surface area contributed by atoms with Gasteiger partial charge in [0.1, 0.15) is 42.0 Å². The standard InChI is InChI=1S/C23H25Cl2N3O4/c1-13(2)26-11-16(29)12-31-17-9-7-15(8-10-17)27-23(30)20-14(3)32-28-22(20)21-18(24)5-4-6-19(21)25/h4-10,13,16,26,29H,11-12H2,1-3H3,(H,27,30)/p+1/t16-/m1/s1. The molecule has 1 heterocycles. The summed E-state index contributed by atoms with van der Waals surface area (Å²) < 4.78 is 10.9. The Morgan fingerprint density at radius 3 is 2.47 bits per heavy atom. The first kappa shape index (κ1) is 24.1. The smallest absolute Gasteiger partial charge is 0.261 e. The Balaban J connectivity index is 1.68. The zero-order chi connectivity index (χ0) is 23.3. The number of amides is 1. The fourth-order valence-electron chi connectivity index (χ4n) is 3.05. The lowest BCUT2D eigenvalue weighted by molar-refractivity contribution is -0.688. The molecular formula is C23H26Cl2N3O4+. The molecule has 1 aromatic heterocycles. The second kappa shape index (κ2) is 10.8. The highest BCUT2D eigenvalue weighted by molar-refractivity contribution is 6.39. The molecule has 0 unspecified atom stereocenters. The largest absolute Gasteiger partial charge is 0.491 e. The van der Waals surface area contributed by atoms with Crippen LogP contribution in [0.5, 0.6) is 5.75 Å². The van der Waals surface area contributed by atoms with E-state index in [1.807, 2.05) is 5.32 Å². The van der Waals surface area contributed by atoms with Gasteiger partial charge in [0.15, 0.2) is 0 Å². The molecule has 170 valence electrons. The molecule has 0 fully saturated rings. The summed E-state index contributed by atoms with van der Waals surface area (Å²) in [6.45, 7) is 6.54. The first-order valence-electron chi connectivity index (χ1n) is 10.2. The predicted octanol–water partition coefficient (Wildman–Crippen LogP) is 3.92. The monoisotopic (exact) mass is 478 g/mol. The van der Waals surface area contributed by atoms with Crippen molar-refractivity contribution in [3.63, 3.8) is 0 Å². The second-order valence-corrected chi connectivity index (χ2v) is 8.53. The third kappa shape index (κ3) is 6.01. The highest BCUT2D eigenvalue weighted by Gasteiger charge is 2.25. The van der Waals surface area contributed by atoms with E-state index in [2.05, 4.69) is 24.3 Å². The maximum Gasteiger partial charge on any atom is 0.261 e. The van der Waals surface area contributed by atoms with E-state index in [0.29, 0.717) is 45.4 Å². The van der Waals surface area contributed by atoms with Crippen LogP contribution in [-0.2, 0) is 0 Å². The van der Waals surface area contributed by atoms with Gasteiger partial charge in [0.05, 0.1) is 16.1 Å². The summed E-state index contributed by atoms with van der Waals surface area (Å²) in [4.78, 5) is 13.0. The number of rotatable bonds is 9. The molecule has 7 nitrogen and oxygen atoms in total. The number of ether oxygens (including phenoxy) is 1. The minimum atomic E-state index is -0.566. The van der Waals surface area contributed by atoms with Crippen LogP contribution < -0.4 is 15.4 Å². The van der Waals surface area contributed by atoms with Crippen LogP contribution >= 0.6 is 23.2 Å². The van der Waals surface area contributed by atoms with Crippen LogP contribution in [0, 0.1) is 6.92 Å². The molecule has 0 saturated carbocycles. The minimum Gasteiger partial charge on any atom is -0.491 e. The van der Waals surface area contributed by atoms with Crippen LogP contribution in [0.1, 0.15) is 30.0 Å². The van der Waals surface area contributed by atoms with Gasteiger partial charge in [0, 0.05) is 11.3 Å². The summed E-state index contributed by atoms with van der Waals surface area (Å²) in [6, 6.07) is 12.3. The Morgan fingerprint density at radius 1 is 1.19 bits per heavy atom. The first-order chi connectivity index (χ1) is 15.3. The van der Waals surface area contributed by atoms with Gasteiger partial charge in [-0.2, -0.15) is 0 Å². The van der Waals surface area contributed by atoms with Crippen LogP contribution in [-0.4, -0.2) is 41.5 Å². The van der Waals surface area contributed by atoms with Crippen molar-refractivity contribution in [1.29, 1.82) is 0 Å². The zero-order valence-electron chi connectivity index (χ0n) is 18.1. The number of nitrogens with two attached hydrogens (primary N) is 1. The molecule has 0 aliphatic heterocycles. The van der Waals surface area contributed by atoms with Crippen molar-refractivity contribution in [2.45, 2.75) is 32.9 Å². The van der Waals surface area contributed by atoms with E-state index >= 15 is 0 Å². The summed E-state index contributed by atoms with van der Waals surface area (Å²) >= 11 is 12.6. The van der Waals surface area contributed by atoms with Crippen molar-refractivity contribution >= 4 is 34.8 Å². The van der Waals surface area contributed by atoms with Crippen molar-refractivity contribution in [2.75, 3.05) is 18.5 Å². The van der Waals surface area contributed by atoms with Gasteiger partial charge >= 0.3 is 0 Å². The van der Waals surface area contributed by atoms with E-state index in [1.165, 1.54) is 0 Å². The van der Waals surface area contributed by atoms with Crippen molar-refractivity contribution in [1.82, 2.24) is 5.16 Å². The number of carbonyl (C=O) groups is 1. The first-order valence-corrected chi connectivity index (χ1v) is 11.0. The topological polar surface area (TPSA) is 101 Å². The Kier molecular flexibility index (Phi) is 8.15. The fraction of sp³-hybridized carbons (Fsp3) is 0.304. The molecule has 1 atom stereocenters. The molecule has 0 saturated heterocycles. The maximum absolute atomic E-state index is 13.0. The number of hydrogen-bond acceptors (Lipinski definition) is 5. The van der Waals surface area contributed by atoms with Crippen LogP contribution in [0.25, 0.3) is 11.3 Å². The van der Waals surface area contributed by atoms with Crippen molar-refractivity contribution < 1.29 is 24.5 Å². The molecule has 32 heavy (non-hydrogen) atoms. The number of nitrogens with zero attached hydrogens (tertiary/aromatic N) is 1. The Hall–Kier alpha value is -2.58. The van der Waals surface area contributed by atoms with Gasteiger partial charge in [0.2, 0.25) is 0 Å². The molecular weight excluding hydrogens is 453 g/mol. The lowest BCUT2D eigenvalue weighted by Gasteiger charge is -2.13. The van der Waals surface area contributed by atoms with Gasteiger partial charge in [0.25, 0.3) is 5.91 Å². The second-order valence-electron chi connectivity index (χ2n) is 7.72. The quantitative estimate of drug-likeness (QED) is 0.432. The molecule has 3 aromatic rings. The summed E-state index contributed by atoms with van der Waals surface area (Å²) in [7, 11) is 0. The van der Waals surface area contributed by atoms with E-state index in [9.17, 15) is 9.90 Å². The fourth-order valence-corrected chi connectivity index (χ4v) is 3.63. The number of aryl methyl sites for hydroxylation is 1. The van der Waals surface area contributed by atoms with E-state index in [1.54, 1.807) is 49.4 Å². The number of anilines is 1. The molecule has 4 N–H and O–H groups in total. The number of aliphatic hydroxyl groups is 1. The van der Waals surface area contributed by atoms with E-state index in [4.69, 9.17) is 32.5 Å². The molecule has 0 radical (unpaired) electrons. The molecule has 0 bridgehead atoms. The highest BCUT2D eigenvalue weighted by Crippen LogP contribution is 2.37. The van der Waals surface area contributed by atoms with E-state index < -0.39 is 12.0 Å². The molecule has 0 spiro atoms. The van der Waals surface area contributed by atoms with Crippen LogP contribution in [0.4, 0.5) is 5.69 Å². The highest BCUT2D eigenvalue weighted by atomic mass is 35.5. The number of nitrogens with one attached hydrogen (secondary N) is 1. The summed E-state index contributed by atoms with van der Waals surface area (Å²) in [5, 5.41) is 19.6. The summed E-state index contributed by atoms with van der Waals surface area (Å²) in [6.07, 6.45) is -0.566. The van der Waals surface area contributed by atoms with Gasteiger partial charge in [-0.15, -0.1) is 0 Å². The third-order valence-electron chi connectivity index (χ3n) is 4.72. The van der Waals surface area contributed by atoms with Crippen LogP contribution in [0.2, 0.25) is 10.0 Å². The maximum atomic E-state index is 13.0. The van der Waals surface area contributed by atoms with Crippen molar-refractivity contribution in [3.8, 4) is 17.0 Å². The van der Waals surface area contributed by atoms with E-state index in [-0.39, 0.29) is 17.9 Å².